The van der Waals surface area contributed by atoms with Crippen molar-refractivity contribution in [2.75, 3.05) is 18.0 Å². The number of hydrogen-bond acceptors (Lipinski definition) is 4. The van der Waals surface area contributed by atoms with Crippen molar-refractivity contribution in [1.82, 2.24) is 4.57 Å². The lowest BCUT2D eigenvalue weighted by atomic mass is 9.92. The van der Waals surface area contributed by atoms with Gasteiger partial charge in [-0.3, -0.25) is 9.59 Å². The molecule has 1 saturated heterocycles. The number of carbonyl (C=O) groups is 1. The maximum absolute atomic E-state index is 12.6. The number of para-hydroxylation sites is 1. The number of aryl methyl sites for hydroxylation is 1. The Bertz CT molecular complexity index is 999. The van der Waals surface area contributed by atoms with Gasteiger partial charge in [0, 0.05) is 36.8 Å². The average molecular weight is 354 g/mol. The summed E-state index contributed by atoms with van der Waals surface area (Å²) < 4.78 is 1.50. The van der Waals surface area contributed by atoms with Crippen molar-refractivity contribution in [2.24, 2.45) is 13.0 Å². The quantitative estimate of drug-likeness (QED) is 0.777. The Morgan fingerprint density at radius 3 is 2.60 bits per heavy atom. The Morgan fingerprint density at radius 1 is 1.28 bits per heavy atom. The molecule has 0 saturated carbocycles. The second-order valence-electron chi connectivity index (χ2n) is 6.06. The van der Waals surface area contributed by atoms with E-state index in [1.807, 2.05) is 29.2 Å². The van der Waals surface area contributed by atoms with Crippen LogP contribution in [0, 0.1) is 28.5 Å². The van der Waals surface area contributed by atoms with Gasteiger partial charge in [-0.25, -0.2) is 0 Å². The van der Waals surface area contributed by atoms with Crippen molar-refractivity contribution < 1.29 is 4.79 Å². The van der Waals surface area contributed by atoms with E-state index < -0.39 is 0 Å². The van der Waals surface area contributed by atoms with Gasteiger partial charge in [0.05, 0.1) is 11.2 Å². The molecule has 126 valence electrons. The first-order valence-electron chi connectivity index (χ1n) is 8.00. The van der Waals surface area contributed by atoms with Crippen LogP contribution in [0.2, 0.25) is 0 Å². The van der Waals surface area contributed by atoms with Gasteiger partial charge in [-0.05, 0) is 36.4 Å². The SMILES string of the molecule is Cn1c(=O)c(C#N)c(N2CCC(C(=O)C#CCl)CC2)c2ccccc21. The highest BCUT2D eigenvalue weighted by Gasteiger charge is 2.27. The van der Waals surface area contributed by atoms with Crippen LogP contribution < -0.4 is 10.5 Å². The number of nitriles is 1. The van der Waals surface area contributed by atoms with E-state index in [4.69, 9.17) is 11.6 Å². The third-order valence-corrected chi connectivity index (χ3v) is 4.83. The molecule has 0 unspecified atom stereocenters. The van der Waals surface area contributed by atoms with E-state index in [0.29, 0.717) is 31.6 Å². The number of rotatable bonds is 2. The molecule has 1 aromatic carbocycles. The van der Waals surface area contributed by atoms with Crippen LogP contribution in [0.3, 0.4) is 0 Å². The Kier molecular flexibility index (Phi) is 4.79. The zero-order chi connectivity index (χ0) is 18.0. The molecule has 2 heterocycles. The Labute approximate surface area is 150 Å². The summed E-state index contributed by atoms with van der Waals surface area (Å²) in [6, 6.07) is 9.61. The standard InChI is InChI=1S/C19H16ClN3O2/c1-22-16-5-3-2-4-14(16)18(15(12-21)19(22)25)23-10-7-13(8-11-23)17(24)6-9-20/h2-5,13H,7-8,10-11H2,1H3. The van der Waals surface area contributed by atoms with Crippen molar-refractivity contribution in [3.05, 3.63) is 40.2 Å². The molecule has 5 nitrogen and oxygen atoms in total. The van der Waals surface area contributed by atoms with Gasteiger partial charge in [-0.1, -0.05) is 18.2 Å². The number of halogens is 1. The molecule has 0 aliphatic carbocycles. The number of pyridine rings is 1. The minimum atomic E-state index is -0.303. The van der Waals surface area contributed by atoms with Crippen LogP contribution in [-0.4, -0.2) is 23.4 Å². The number of anilines is 1. The molecule has 1 fully saturated rings. The smallest absolute Gasteiger partial charge is 0.270 e. The molecule has 3 rings (SSSR count). The summed E-state index contributed by atoms with van der Waals surface area (Å²) in [5, 5.41) is 12.5. The van der Waals surface area contributed by atoms with Gasteiger partial charge in [-0.15, -0.1) is 0 Å². The fourth-order valence-electron chi connectivity index (χ4n) is 3.42. The van der Waals surface area contributed by atoms with E-state index >= 15 is 0 Å². The van der Waals surface area contributed by atoms with Crippen molar-refractivity contribution in [2.45, 2.75) is 12.8 Å². The van der Waals surface area contributed by atoms with Crippen LogP contribution in [0.5, 0.6) is 0 Å². The van der Waals surface area contributed by atoms with Gasteiger partial charge in [0.25, 0.3) is 5.56 Å². The molecule has 1 aromatic heterocycles. The van der Waals surface area contributed by atoms with Gasteiger partial charge in [-0.2, -0.15) is 5.26 Å². The van der Waals surface area contributed by atoms with Gasteiger partial charge < -0.3 is 9.47 Å². The minimum Gasteiger partial charge on any atom is -0.370 e. The number of hydrogen-bond donors (Lipinski definition) is 0. The van der Waals surface area contributed by atoms with Crippen LogP contribution in [0.1, 0.15) is 18.4 Å². The zero-order valence-electron chi connectivity index (χ0n) is 13.8. The number of piperidine rings is 1. The number of benzene rings is 1. The monoisotopic (exact) mass is 353 g/mol. The van der Waals surface area contributed by atoms with Crippen molar-refractivity contribution in [3.63, 3.8) is 0 Å². The van der Waals surface area contributed by atoms with Gasteiger partial charge >= 0.3 is 0 Å². The van der Waals surface area contributed by atoms with Gasteiger partial charge in [0.15, 0.2) is 0 Å². The van der Waals surface area contributed by atoms with Gasteiger partial charge in [0.1, 0.15) is 11.6 Å². The topological polar surface area (TPSA) is 66.1 Å². The predicted octanol–water partition coefficient (Wildman–Crippen LogP) is 2.40. The van der Waals surface area contributed by atoms with E-state index in [0.717, 1.165) is 10.9 Å². The van der Waals surface area contributed by atoms with Crippen LogP contribution >= 0.6 is 11.6 Å². The number of ketones is 1. The van der Waals surface area contributed by atoms with Crippen LogP contribution in [0.25, 0.3) is 10.9 Å². The molecule has 0 atom stereocenters. The van der Waals surface area contributed by atoms with E-state index in [1.54, 1.807) is 7.05 Å². The van der Waals surface area contributed by atoms with E-state index in [9.17, 15) is 14.9 Å². The highest BCUT2D eigenvalue weighted by atomic mass is 35.5. The molecule has 6 heteroatoms. The van der Waals surface area contributed by atoms with E-state index in [-0.39, 0.29) is 22.8 Å². The van der Waals surface area contributed by atoms with Crippen LogP contribution in [-0.2, 0) is 11.8 Å². The Balaban J connectivity index is 2.04. The molecule has 2 aromatic rings. The highest BCUT2D eigenvalue weighted by Crippen LogP contribution is 2.31. The first kappa shape index (κ1) is 17.1. The molecule has 1 aliphatic rings. The summed E-state index contributed by atoms with van der Waals surface area (Å²) in [6.45, 7) is 1.18. The largest absolute Gasteiger partial charge is 0.370 e. The fraction of sp³-hybridized carbons (Fsp3) is 0.316. The average Bonchev–Trinajstić information content (AvgIpc) is 2.65. The summed E-state index contributed by atoms with van der Waals surface area (Å²) in [6.07, 6.45) is 1.25. The van der Waals surface area contributed by atoms with Crippen LogP contribution in [0.15, 0.2) is 29.1 Å². The second kappa shape index (κ2) is 7.01. The minimum absolute atomic E-state index is 0.145. The molecule has 25 heavy (non-hydrogen) atoms. The van der Waals surface area contributed by atoms with Crippen molar-refractivity contribution in [3.8, 4) is 17.4 Å². The molecule has 1 aliphatic heterocycles. The molecule has 0 N–H and O–H groups in total. The predicted molar refractivity (Wildman–Crippen MR) is 97.5 cm³/mol. The van der Waals surface area contributed by atoms with E-state index in [2.05, 4.69) is 17.4 Å². The maximum atomic E-state index is 12.6. The fourth-order valence-corrected chi connectivity index (χ4v) is 3.52. The Hall–Kier alpha value is -2.76. The molecular formula is C19H16ClN3O2. The number of aromatic nitrogens is 1. The third-order valence-electron chi connectivity index (χ3n) is 4.74. The molecule has 0 amide bonds. The highest BCUT2D eigenvalue weighted by molar-refractivity contribution is 6.31. The summed E-state index contributed by atoms with van der Waals surface area (Å²) in [5.74, 6) is 2.09. The summed E-state index contributed by atoms with van der Waals surface area (Å²) in [7, 11) is 1.67. The molecular weight excluding hydrogens is 338 g/mol. The maximum Gasteiger partial charge on any atom is 0.270 e. The lowest BCUT2D eigenvalue weighted by Gasteiger charge is -2.33. The summed E-state index contributed by atoms with van der Waals surface area (Å²) in [4.78, 5) is 26.5. The first-order chi connectivity index (χ1) is 12.1. The molecule has 0 radical (unpaired) electrons. The Morgan fingerprint density at radius 2 is 1.96 bits per heavy atom. The number of fused-ring (bicyclic) bond motifs is 1. The van der Waals surface area contributed by atoms with E-state index in [1.165, 1.54) is 4.57 Å². The van der Waals surface area contributed by atoms with Crippen molar-refractivity contribution in [1.29, 1.82) is 5.26 Å². The molecule has 0 bridgehead atoms. The first-order valence-corrected chi connectivity index (χ1v) is 8.38. The lowest BCUT2D eigenvalue weighted by molar-refractivity contribution is -0.117. The number of carbonyl (C=O) groups excluding carboxylic acids is 1. The molecule has 0 spiro atoms. The normalized spacial score (nSPS) is 14.7. The van der Waals surface area contributed by atoms with Gasteiger partial charge in [0.2, 0.25) is 5.78 Å². The van der Waals surface area contributed by atoms with Crippen molar-refractivity contribution >= 4 is 34.0 Å². The zero-order valence-corrected chi connectivity index (χ0v) is 14.5. The van der Waals surface area contributed by atoms with Crippen LogP contribution in [0.4, 0.5) is 5.69 Å². The summed E-state index contributed by atoms with van der Waals surface area (Å²) >= 11 is 5.31. The number of nitrogens with zero attached hydrogens (tertiary/aromatic N) is 3. The third kappa shape index (κ3) is 2.99. The number of Topliss-reactive ketones (excluding diaryl/α,β-unsaturated/α-hetero) is 1. The summed E-state index contributed by atoms with van der Waals surface area (Å²) in [5.41, 5.74) is 1.29. The second-order valence-corrected chi connectivity index (χ2v) is 6.25. The lowest BCUT2D eigenvalue weighted by Crippen LogP contribution is -2.38.